The largest absolute Gasteiger partial charge is 0.336 e. The van der Waals surface area contributed by atoms with Crippen molar-refractivity contribution in [2.45, 2.75) is 6.54 Å². The van der Waals surface area contributed by atoms with Crippen LogP contribution >= 0.6 is 11.6 Å². The quantitative estimate of drug-likeness (QED) is 0.437. The van der Waals surface area contributed by atoms with E-state index in [0.29, 0.717) is 44.2 Å². The van der Waals surface area contributed by atoms with Crippen LogP contribution in [0.1, 0.15) is 16.2 Å². The summed E-state index contributed by atoms with van der Waals surface area (Å²) in [4.78, 5) is 27.0. The number of halogens is 2. The van der Waals surface area contributed by atoms with Crippen molar-refractivity contribution in [3.63, 3.8) is 0 Å². The molecule has 4 rings (SSSR count). The van der Waals surface area contributed by atoms with Crippen molar-refractivity contribution in [2.24, 2.45) is 0 Å². The number of carbonyl (C=O) groups is 1. The first-order chi connectivity index (χ1) is 14.9. The molecule has 0 saturated carbocycles. The van der Waals surface area contributed by atoms with E-state index in [1.165, 1.54) is 30.3 Å². The third-order valence-electron chi connectivity index (χ3n) is 5.02. The molecule has 1 aliphatic heterocycles. The first kappa shape index (κ1) is 20.8. The molecule has 0 radical (unpaired) electrons. The smallest absolute Gasteiger partial charge is 0.270 e. The highest BCUT2D eigenvalue weighted by atomic mass is 35.5. The van der Waals surface area contributed by atoms with Gasteiger partial charge in [-0.1, -0.05) is 11.6 Å². The molecule has 0 spiro atoms. The third-order valence-corrected chi connectivity index (χ3v) is 5.35. The monoisotopic (exact) mass is 445 g/mol. The molecule has 160 valence electrons. The number of rotatable bonds is 5. The van der Waals surface area contributed by atoms with E-state index in [1.54, 1.807) is 21.7 Å². The number of benzene rings is 2. The Morgan fingerprint density at radius 1 is 1.13 bits per heavy atom. The molecule has 1 saturated heterocycles. The third kappa shape index (κ3) is 4.52. The number of nitro groups is 1. The van der Waals surface area contributed by atoms with E-state index >= 15 is 0 Å². The van der Waals surface area contributed by atoms with Gasteiger partial charge in [0.25, 0.3) is 11.6 Å². The molecule has 1 fully saturated rings. The van der Waals surface area contributed by atoms with Crippen molar-refractivity contribution in [3.05, 3.63) is 74.8 Å². The van der Waals surface area contributed by atoms with Crippen LogP contribution in [0.25, 0.3) is 5.69 Å². The lowest BCUT2D eigenvalue weighted by molar-refractivity contribution is -0.384. The summed E-state index contributed by atoms with van der Waals surface area (Å²) in [5, 5.41) is 22.9. The van der Waals surface area contributed by atoms with Crippen LogP contribution in [0.2, 0.25) is 5.02 Å². The Bertz CT molecular complexity index is 1110. The highest BCUT2D eigenvalue weighted by molar-refractivity contribution is 6.33. The summed E-state index contributed by atoms with van der Waals surface area (Å²) >= 11 is 6.09. The second kappa shape index (κ2) is 8.74. The van der Waals surface area contributed by atoms with Gasteiger partial charge in [0.1, 0.15) is 5.82 Å². The lowest BCUT2D eigenvalue weighted by atomic mass is 10.1. The summed E-state index contributed by atoms with van der Waals surface area (Å²) in [6, 6.07) is 9.69. The number of aromatic nitrogens is 4. The van der Waals surface area contributed by atoms with Crippen molar-refractivity contribution < 1.29 is 14.1 Å². The van der Waals surface area contributed by atoms with Gasteiger partial charge in [0.2, 0.25) is 0 Å². The Hall–Kier alpha value is -3.44. The molecule has 0 unspecified atom stereocenters. The van der Waals surface area contributed by atoms with E-state index in [2.05, 4.69) is 20.4 Å². The molecule has 0 N–H and O–H groups in total. The van der Waals surface area contributed by atoms with Crippen LogP contribution in [-0.4, -0.2) is 67.0 Å². The topological polar surface area (TPSA) is 110 Å². The van der Waals surface area contributed by atoms with E-state index in [-0.39, 0.29) is 28.0 Å². The van der Waals surface area contributed by atoms with Gasteiger partial charge in [0, 0.05) is 38.3 Å². The van der Waals surface area contributed by atoms with Crippen LogP contribution in [0.3, 0.4) is 0 Å². The van der Waals surface area contributed by atoms with Gasteiger partial charge >= 0.3 is 0 Å². The molecule has 3 aromatic rings. The van der Waals surface area contributed by atoms with Crippen LogP contribution in [0.5, 0.6) is 0 Å². The van der Waals surface area contributed by atoms with E-state index < -0.39 is 4.92 Å². The summed E-state index contributed by atoms with van der Waals surface area (Å²) in [6.07, 6.45) is 0. The van der Waals surface area contributed by atoms with Crippen LogP contribution in [-0.2, 0) is 6.54 Å². The second-order valence-electron chi connectivity index (χ2n) is 6.97. The predicted octanol–water partition coefficient (Wildman–Crippen LogP) is 2.32. The molecule has 12 heteroatoms. The molecule has 0 bridgehead atoms. The molecule has 2 heterocycles. The van der Waals surface area contributed by atoms with Gasteiger partial charge in [-0.3, -0.25) is 19.8 Å². The predicted molar refractivity (Wildman–Crippen MR) is 108 cm³/mol. The molecule has 10 nitrogen and oxygen atoms in total. The maximum atomic E-state index is 13.2. The lowest BCUT2D eigenvalue weighted by Crippen LogP contribution is -2.48. The summed E-state index contributed by atoms with van der Waals surface area (Å²) in [5.74, 6) is -0.0966. The number of non-ortho nitro benzene ring substituents is 1. The summed E-state index contributed by atoms with van der Waals surface area (Å²) in [7, 11) is 0. The Morgan fingerprint density at radius 2 is 1.84 bits per heavy atom. The molecule has 1 aliphatic rings. The molecular formula is C19H17ClFN7O3. The maximum absolute atomic E-state index is 13.2. The zero-order valence-corrected chi connectivity index (χ0v) is 16.9. The van der Waals surface area contributed by atoms with Gasteiger partial charge in [-0.15, -0.1) is 5.10 Å². The van der Waals surface area contributed by atoms with Crippen molar-refractivity contribution in [3.8, 4) is 5.69 Å². The highest BCUT2D eigenvalue weighted by Crippen LogP contribution is 2.24. The molecule has 0 aliphatic carbocycles. The minimum Gasteiger partial charge on any atom is -0.336 e. The number of hydrogen-bond acceptors (Lipinski definition) is 7. The average molecular weight is 446 g/mol. The van der Waals surface area contributed by atoms with Crippen LogP contribution < -0.4 is 0 Å². The number of nitro benzene ring substituents is 1. The zero-order chi connectivity index (χ0) is 22.0. The minimum absolute atomic E-state index is 0.115. The zero-order valence-electron chi connectivity index (χ0n) is 16.2. The number of carbonyl (C=O) groups excluding carboxylic acids is 1. The Kier molecular flexibility index (Phi) is 5.87. The van der Waals surface area contributed by atoms with Gasteiger partial charge in [0.05, 0.1) is 27.7 Å². The highest BCUT2D eigenvalue weighted by Gasteiger charge is 2.26. The number of tetrazole rings is 1. The maximum Gasteiger partial charge on any atom is 0.270 e. The van der Waals surface area contributed by atoms with E-state index in [4.69, 9.17) is 11.6 Å². The Labute approximate surface area is 181 Å². The normalized spacial score (nSPS) is 14.6. The molecule has 1 aromatic heterocycles. The first-order valence-corrected chi connectivity index (χ1v) is 9.79. The van der Waals surface area contributed by atoms with Gasteiger partial charge in [-0.25, -0.2) is 4.39 Å². The fraction of sp³-hybridized carbons (Fsp3) is 0.263. The summed E-state index contributed by atoms with van der Waals surface area (Å²) in [6.45, 7) is 2.43. The van der Waals surface area contributed by atoms with E-state index in [1.807, 2.05) is 0 Å². The fourth-order valence-electron chi connectivity index (χ4n) is 3.36. The fourth-order valence-corrected chi connectivity index (χ4v) is 3.56. The molecule has 1 amide bonds. The van der Waals surface area contributed by atoms with Crippen LogP contribution in [0, 0.1) is 15.9 Å². The van der Waals surface area contributed by atoms with Crippen molar-refractivity contribution >= 4 is 23.2 Å². The average Bonchev–Trinajstić information content (AvgIpc) is 3.22. The number of piperazine rings is 1. The van der Waals surface area contributed by atoms with Crippen molar-refractivity contribution in [2.75, 3.05) is 26.2 Å². The molecule has 31 heavy (non-hydrogen) atoms. The number of nitrogens with zero attached hydrogens (tertiary/aromatic N) is 7. The summed E-state index contributed by atoms with van der Waals surface area (Å²) < 4.78 is 14.7. The molecule has 0 atom stereocenters. The SMILES string of the molecule is O=C(c1cc([N+](=O)[O-])ccc1Cl)N1CCN(Cc2nnnn2-c2ccc(F)cc2)CC1. The Balaban J connectivity index is 1.41. The lowest BCUT2D eigenvalue weighted by Gasteiger charge is -2.34. The van der Waals surface area contributed by atoms with E-state index in [9.17, 15) is 19.3 Å². The number of hydrogen-bond donors (Lipinski definition) is 0. The van der Waals surface area contributed by atoms with Crippen LogP contribution in [0.15, 0.2) is 42.5 Å². The summed E-state index contributed by atoms with van der Waals surface area (Å²) in [5.41, 5.74) is 0.583. The van der Waals surface area contributed by atoms with Crippen LogP contribution in [0.4, 0.5) is 10.1 Å². The van der Waals surface area contributed by atoms with Crippen molar-refractivity contribution in [1.29, 1.82) is 0 Å². The van der Waals surface area contributed by atoms with Crippen molar-refractivity contribution in [1.82, 2.24) is 30.0 Å². The molecule has 2 aromatic carbocycles. The van der Waals surface area contributed by atoms with Gasteiger partial charge < -0.3 is 4.90 Å². The molecular weight excluding hydrogens is 429 g/mol. The van der Waals surface area contributed by atoms with Gasteiger partial charge in [0.15, 0.2) is 5.82 Å². The first-order valence-electron chi connectivity index (χ1n) is 9.41. The second-order valence-corrected chi connectivity index (χ2v) is 7.38. The number of amides is 1. The van der Waals surface area contributed by atoms with Gasteiger partial charge in [-0.2, -0.15) is 4.68 Å². The Morgan fingerprint density at radius 3 is 2.52 bits per heavy atom. The standard InChI is InChI=1S/C19H17ClFN7O3/c20-17-6-5-15(28(30)31)11-16(17)19(29)26-9-7-25(8-10-26)12-18-22-23-24-27(18)14-3-1-13(21)2-4-14/h1-6,11H,7-10,12H2. The minimum atomic E-state index is -0.559. The van der Waals surface area contributed by atoms with Gasteiger partial charge in [-0.05, 0) is 40.8 Å². The van der Waals surface area contributed by atoms with E-state index in [0.717, 1.165) is 0 Å².